The lowest BCUT2D eigenvalue weighted by molar-refractivity contribution is 0.195. The maximum atomic E-state index is 2.79. The summed E-state index contributed by atoms with van der Waals surface area (Å²) in [5, 5.41) is 2.61. The predicted molar refractivity (Wildman–Crippen MR) is 292 cm³/mol. The second-order valence-electron chi connectivity index (χ2n) is 26.1. The van der Waals surface area contributed by atoms with E-state index in [0.717, 1.165) is 23.5 Å². The molecule has 0 bridgehead atoms. The van der Waals surface area contributed by atoms with Crippen molar-refractivity contribution in [2.75, 3.05) is 9.80 Å². The maximum Gasteiger partial charge on any atom is 0.0541 e. The van der Waals surface area contributed by atoms with Crippen LogP contribution < -0.4 is 9.80 Å². The molecule has 3 nitrogen and oxygen atoms in total. The van der Waals surface area contributed by atoms with Gasteiger partial charge in [0, 0.05) is 38.9 Å². The molecule has 67 heavy (non-hydrogen) atoms. The highest BCUT2D eigenvalue weighted by Gasteiger charge is 2.58. The molecule has 1 aliphatic carbocycles. The Morgan fingerprint density at radius 3 is 1.27 bits per heavy atom. The second-order valence-corrected chi connectivity index (χ2v) is 26.1. The molecular weight excluding hydrogens is 811 g/mol. The van der Waals surface area contributed by atoms with Crippen molar-refractivity contribution >= 4 is 50.2 Å². The summed E-state index contributed by atoms with van der Waals surface area (Å²) in [5.41, 5.74) is 18.0. The molecule has 1 aliphatic heterocycles. The van der Waals surface area contributed by atoms with Crippen molar-refractivity contribution in [1.29, 1.82) is 0 Å². The number of hydrogen-bond acceptors (Lipinski definition) is 2. The molecule has 1 saturated carbocycles. The van der Waals surface area contributed by atoms with Crippen molar-refractivity contribution < 1.29 is 0 Å². The molecule has 9 rings (SSSR count). The van der Waals surface area contributed by atoms with Crippen molar-refractivity contribution in [1.82, 2.24) is 4.57 Å². The summed E-state index contributed by atoms with van der Waals surface area (Å²) in [4.78, 5) is 5.30. The van der Waals surface area contributed by atoms with Crippen LogP contribution in [0.5, 0.6) is 0 Å². The van der Waals surface area contributed by atoms with Gasteiger partial charge in [0.2, 0.25) is 0 Å². The summed E-state index contributed by atoms with van der Waals surface area (Å²) in [6.45, 7) is 40.0. The highest BCUT2D eigenvalue weighted by Crippen LogP contribution is 2.62. The molecule has 0 spiro atoms. The zero-order valence-corrected chi connectivity index (χ0v) is 44.2. The Labute approximate surface area is 404 Å². The van der Waals surface area contributed by atoms with E-state index >= 15 is 0 Å². The summed E-state index contributed by atoms with van der Waals surface area (Å²) < 4.78 is 2.57. The third kappa shape index (κ3) is 8.01. The number of fused-ring (bicyclic) bond motifs is 6. The van der Waals surface area contributed by atoms with Gasteiger partial charge in [-0.15, -0.1) is 0 Å². The van der Waals surface area contributed by atoms with E-state index in [9.17, 15) is 0 Å². The van der Waals surface area contributed by atoms with Crippen molar-refractivity contribution in [3.63, 3.8) is 0 Å². The first-order valence-electron chi connectivity index (χ1n) is 25.3. The van der Waals surface area contributed by atoms with Crippen LogP contribution in [0.4, 0.5) is 28.4 Å². The monoisotopic (exact) mass is 890 g/mol. The number of anilines is 5. The van der Waals surface area contributed by atoms with E-state index in [2.05, 4.69) is 253 Å². The number of nitrogens with zero attached hydrogens (tertiary/aromatic N) is 3. The zero-order valence-electron chi connectivity index (χ0n) is 44.2. The molecule has 350 valence electrons. The van der Waals surface area contributed by atoms with E-state index in [-0.39, 0.29) is 38.0 Å². The zero-order chi connectivity index (χ0) is 48.4. The van der Waals surface area contributed by atoms with Crippen LogP contribution >= 0.6 is 0 Å². The minimum absolute atomic E-state index is 0.0111. The molecule has 1 aromatic heterocycles. The van der Waals surface area contributed by atoms with E-state index in [0.29, 0.717) is 0 Å². The molecule has 2 unspecified atom stereocenters. The highest BCUT2D eigenvalue weighted by molar-refractivity contribution is 6.10. The molecular formula is C64H79N3. The molecule has 0 N–H and O–H groups in total. The summed E-state index contributed by atoms with van der Waals surface area (Å²) in [7, 11) is 0. The minimum atomic E-state index is -0.127. The molecule has 2 atom stereocenters. The standard InChI is InChI=1S/C64H79N3/c1-58(2,3)42-20-27-47(28-21-42)65(48-29-22-43(23-30-48)59(4,5)6)49-39-50(66-55-31-24-44(60(7,8)9)36-52(55)53-37-45(61(10,11)12)25-32-56(53)66)41-51(40-49)67-57-33-26-46(62(13,14)15)38-54(57)63(16)34-18-19-35-64(63,67)17/h20-33,36-41H,18-19,34-35H2,1-17H3. The van der Waals surface area contributed by atoms with Crippen LogP contribution in [0.15, 0.2) is 121 Å². The van der Waals surface area contributed by atoms with Crippen LogP contribution in [0.1, 0.15) is 177 Å². The third-order valence-corrected chi connectivity index (χ3v) is 16.1. The van der Waals surface area contributed by atoms with Gasteiger partial charge in [0.15, 0.2) is 0 Å². The van der Waals surface area contributed by atoms with E-state index < -0.39 is 0 Å². The minimum Gasteiger partial charge on any atom is -0.334 e. The Hall–Kier alpha value is -5.28. The van der Waals surface area contributed by atoms with Crippen LogP contribution in [-0.2, 0) is 32.5 Å². The highest BCUT2D eigenvalue weighted by atomic mass is 15.3. The molecule has 2 aliphatic rings. The van der Waals surface area contributed by atoms with Crippen molar-refractivity contribution in [3.05, 3.63) is 155 Å². The Kier molecular flexibility index (Phi) is 10.9. The van der Waals surface area contributed by atoms with E-state index in [4.69, 9.17) is 0 Å². The molecule has 3 heteroatoms. The Bertz CT molecular complexity index is 2870. The van der Waals surface area contributed by atoms with Gasteiger partial charge in [-0.3, -0.25) is 0 Å². The van der Waals surface area contributed by atoms with Gasteiger partial charge < -0.3 is 14.4 Å². The van der Waals surface area contributed by atoms with Crippen molar-refractivity contribution in [3.8, 4) is 5.69 Å². The van der Waals surface area contributed by atoms with Gasteiger partial charge in [0.1, 0.15) is 0 Å². The fraction of sp³-hybridized carbons (Fsp3) is 0.438. The molecule has 0 radical (unpaired) electrons. The van der Waals surface area contributed by atoms with Gasteiger partial charge in [0.25, 0.3) is 0 Å². The Morgan fingerprint density at radius 2 is 0.806 bits per heavy atom. The van der Waals surface area contributed by atoms with E-state index in [1.165, 1.54) is 91.5 Å². The average Bonchev–Trinajstić information content (AvgIpc) is 3.67. The molecule has 7 aromatic rings. The summed E-state index contributed by atoms with van der Waals surface area (Å²) in [6, 6.07) is 48.1. The van der Waals surface area contributed by atoms with Gasteiger partial charge in [0.05, 0.1) is 27.9 Å². The van der Waals surface area contributed by atoms with Crippen LogP contribution in [0.25, 0.3) is 27.5 Å². The lowest BCUT2D eigenvalue weighted by atomic mass is 9.61. The Morgan fingerprint density at radius 1 is 0.403 bits per heavy atom. The van der Waals surface area contributed by atoms with E-state index in [1.807, 2.05) is 0 Å². The normalized spacial score (nSPS) is 19.3. The first kappa shape index (κ1) is 46.8. The lowest BCUT2D eigenvalue weighted by Gasteiger charge is -2.50. The largest absolute Gasteiger partial charge is 0.334 e. The summed E-state index contributed by atoms with van der Waals surface area (Å²) in [6.07, 6.45) is 4.79. The molecule has 0 saturated heterocycles. The SMILES string of the molecule is CC(C)(C)c1ccc(N(c2ccc(C(C)(C)C)cc2)c2cc(N3c4ccc(C(C)(C)C)cc4C4(C)CCCCC34C)cc(-n3c4ccc(C(C)(C)C)cc4c4cc(C(C)(C)C)ccc43)c2)cc1. The van der Waals surface area contributed by atoms with Gasteiger partial charge in [-0.05, 0) is 153 Å². The molecule has 1 fully saturated rings. The first-order chi connectivity index (χ1) is 31.1. The van der Waals surface area contributed by atoms with Crippen LogP contribution in [-0.4, -0.2) is 10.1 Å². The first-order valence-corrected chi connectivity index (χ1v) is 25.3. The second kappa shape index (κ2) is 15.6. The fourth-order valence-corrected chi connectivity index (χ4v) is 11.5. The van der Waals surface area contributed by atoms with Crippen LogP contribution in [0.2, 0.25) is 0 Å². The molecule has 6 aromatic carbocycles. The number of benzene rings is 6. The Balaban J connectivity index is 1.39. The fourth-order valence-electron chi connectivity index (χ4n) is 11.5. The number of aromatic nitrogens is 1. The summed E-state index contributed by atoms with van der Waals surface area (Å²) in [5.74, 6) is 0. The predicted octanol–water partition coefficient (Wildman–Crippen LogP) is 18.5. The average molecular weight is 890 g/mol. The van der Waals surface area contributed by atoms with Crippen molar-refractivity contribution in [2.24, 2.45) is 0 Å². The number of rotatable bonds is 5. The smallest absolute Gasteiger partial charge is 0.0541 e. The topological polar surface area (TPSA) is 11.4 Å². The summed E-state index contributed by atoms with van der Waals surface area (Å²) >= 11 is 0. The van der Waals surface area contributed by atoms with Crippen LogP contribution in [0, 0.1) is 0 Å². The van der Waals surface area contributed by atoms with E-state index in [1.54, 1.807) is 0 Å². The van der Waals surface area contributed by atoms with Crippen LogP contribution in [0.3, 0.4) is 0 Å². The lowest BCUT2D eigenvalue weighted by Crippen LogP contribution is -2.54. The van der Waals surface area contributed by atoms with Gasteiger partial charge in [-0.25, -0.2) is 0 Å². The third-order valence-electron chi connectivity index (χ3n) is 16.1. The number of hydrogen-bond donors (Lipinski definition) is 0. The van der Waals surface area contributed by atoms with Gasteiger partial charge in [-0.2, -0.15) is 0 Å². The molecule has 0 amide bonds. The van der Waals surface area contributed by atoms with Gasteiger partial charge >= 0.3 is 0 Å². The van der Waals surface area contributed by atoms with Crippen molar-refractivity contribution in [2.45, 2.75) is 181 Å². The molecule has 2 heterocycles. The maximum absolute atomic E-state index is 2.79. The van der Waals surface area contributed by atoms with Gasteiger partial charge in [-0.1, -0.05) is 172 Å². The quantitative estimate of drug-likeness (QED) is 0.171.